The Kier molecular flexibility index (Phi) is 5.79. The zero-order valence-electron chi connectivity index (χ0n) is 19.2. The minimum atomic E-state index is -0.170. The van der Waals surface area contributed by atoms with Gasteiger partial charge in [0.1, 0.15) is 0 Å². The summed E-state index contributed by atoms with van der Waals surface area (Å²) in [7, 11) is 0. The van der Waals surface area contributed by atoms with Crippen LogP contribution in [0.2, 0.25) is 0 Å². The van der Waals surface area contributed by atoms with Crippen LogP contribution in [0.25, 0.3) is 16.5 Å². The number of hydrogen-bond acceptors (Lipinski definition) is 7. The summed E-state index contributed by atoms with van der Waals surface area (Å²) in [6.45, 7) is 6.67. The van der Waals surface area contributed by atoms with Crippen molar-refractivity contribution in [3.05, 3.63) is 70.6 Å². The van der Waals surface area contributed by atoms with Crippen LogP contribution in [0.4, 0.5) is 5.95 Å². The SMILES string of the molecule is CC(C)Cn1nc(C(=O)N2CCN(c3nnnn3-c3ccccc3)CC2)c2ccccc2c1=O. The van der Waals surface area contributed by atoms with Gasteiger partial charge in [-0.3, -0.25) is 9.59 Å². The van der Waals surface area contributed by atoms with Crippen molar-refractivity contribution in [2.45, 2.75) is 20.4 Å². The highest BCUT2D eigenvalue weighted by atomic mass is 16.2. The van der Waals surface area contributed by atoms with Crippen molar-refractivity contribution >= 4 is 22.6 Å². The van der Waals surface area contributed by atoms with E-state index in [4.69, 9.17) is 0 Å². The lowest BCUT2D eigenvalue weighted by molar-refractivity contribution is 0.0739. The van der Waals surface area contributed by atoms with Crippen LogP contribution >= 0.6 is 0 Å². The summed E-state index contributed by atoms with van der Waals surface area (Å²) < 4.78 is 3.12. The van der Waals surface area contributed by atoms with Gasteiger partial charge in [-0.25, -0.2) is 4.68 Å². The number of tetrazole rings is 1. The number of fused-ring (bicyclic) bond motifs is 1. The summed E-state index contributed by atoms with van der Waals surface area (Å²) in [6.07, 6.45) is 0. The molecule has 10 heteroatoms. The van der Waals surface area contributed by atoms with E-state index in [0.29, 0.717) is 55.1 Å². The number of nitrogens with zero attached hydrogens (tertiary/aromatic N) is 8. The molecule has 2 aromatic carbocycles. The first-order valence-corrected chi connectivity index (χ1v) is 11.4. The van der Waals surface area contributed by atoms with Crippen LogP contribution < -0.4 is 10.5 Å². The van der Waals surface area contributed by atoms with Gasteiger partial charge in [-0.05, 0) is 34.5 Å². The Morgan fingerprint density at radius 1 is 0.941 bits per heavy atom. The number of rotatable bonds is 5. The molecule has 0 atom stereocenters. The van der Waals surface area contributed by atoms with Crippen molar-refractivity contribution in [1.29, 1.82) is 0 Å². The molecular formula is C24H26N8O2. The van der Waals surface area contributed by atoms with E-state index in [9.17, 15) is 9.59 Å². The van der Waals surface area contributed by atoms with Crippen molar-refractivity contribution in [3.63, 3.8) is 0 Å². The van der Waals surface area contributed by atoms with Gasteiger partial charge < -0.3 is 9.80 Å². The maximum absolute atomic E-state index is 13.5. The number of para-hydroxylation sites is 1. The molecule has 1 saturated heterocycles. The third kappa shape index (κ3) is 4.02. The Morgan fingerprint density at radius 3 is 2.32 bits per heavy atom. The lowest BCUT2D eigenvalue weighted by Crippen LogP contribution is -2.50. The first-order valence-electron chi connectivity index (χ1n) is 11.4. The van der Waals surface area contributed by atoms with E-state index >= 15 is 0 Å². The summed E-state index contributed by atoms with van der Waals surface area (Å²) >= 11 is 0. The molecule has 1 aliphatic rings. The highest BCUT2D eigenvalue weighted by Crippen LogP contribution is 2.20. The van der Waals surface area contributed by atoms with Gasteiger partial charge in [-0.1, -0.05) is 55.3 Å². The van der Waals surface area contributed by atoms with Crippen LogP contribution in [0.5, 0.6) is 0 Å². The number of benzene rings is 2. The Labute approximate surface area is 196 Å². The first-order chi connectivity index (χ1) is 16.5. The van der Waals surface area contributed by atoms with Gasteiger partial charge in [-0.15, -0.1) is 0 Å². The molecule has 0 saturated carbocycles. The molecule has 1 aliphatic heterocycles. The lowest BCUT2D eigenvalue weighted by atomic mass is 10.1. The van der Waals surface area contributed by atoms with Gasteiger partial charge in [0, 0.05) is 38.1 Å². The van der Waals surface area contributed by atoms with Gasteiger partial charge in [-0.2, -0.15) is 9.78 Å². The normalized spacial score (nSPS) is 14.2. The standard InChI is InChI=1S/C24H26N8O2/c1-17(2)16-31-22(33)20-11-7-6-10-19(20)21(26-31)23(34)29-12-14-30(15-13-29)24-25-27-28-32(24)18-8-4-3-5-9-18/h3-11,17H,12-16H2,1-2H3. The predicted molar refractivity (Wildman–Crippen MR) is 128 cm³/mol. The predicted octanol–water partition coefficient (Wildman–Crippen LogP) is 1.99. The molecule has 34 heavy (non-hydrogen) atoms. The second-order valence-corrected chi connectivity index (χ2v) is 8.78. The van der Waals surface area contributed by atoms with E-state index in [-0.39, 0.29) is 17.4 Å². The average molecular weight is 459 g/mol. The van der Waals surface area contributed by atoms with Crippen molar-refractivity contribution in [3.8, 4) is 5.69 Å². The van der Waals surface area contributed by atoms with Gasteiger partial charge in [0.05, 0.1) is 11.1 Å². The monoisotopic (exact) mass is 458 g/mol. The van der Waals surface area contributed by atoms with Crippen molar-refractivity contribution in [2.24, 2.45) is 5.92 Å². The Balaban J connectivity index is 1.39. The molecule has 174 valence electrons. The molecule has 5 rings (SSSR count). The van der Waals surface area contributed by atoms with Gasteiger partial charge in [0.15, 0.2) is 5.69 Å². The molecule has 2 aromatic heterocycles. The number of hydrogen-bond donors (Lipinski definition) is 0. The molecule has 0 radical (unpaired) electrons. The molecule has 0 bridgehead atoms. The maximum Gasteiger partial charge on any atom is 0.275 e. The highest BCUT2D eigenvalue weighted by molar-refractivity contribution is 6.04. The fraction of sp³-hybridized carbons (Fsp3) is 0.333. The topological polar surface area (TPSA) is 102 Å². The van der Waals surface area contributed by atoms with E-state index in [2.05, 4.69) is 25.5 Å². The molecule has 0 aliphatic carbocycles. The van der Waals surface area contributed by atoms with E-state index in [1.807, 2.05) is 56.3 Å². The minimum Gasteiger partial charge on any atom is -0.336 e. The third-order valence-electron chi connectivity index (χ3n) is 5.91. The van der Waals surface area contributed by atoms with Crippen LogP contribution in [-0.4, -0.2) is 67.0 Å². The van der Waals surface area contributed by atoms with Gasteiger partial charge in [0.2, 0.25) is 5.95 Å². The van der Waals surface area contributed by atoms with Crippen LogP contribution in [0.15, 0.2) is 59.4 Å². The van der Waals surface area contributed by atoms with Crippen LogP contribution in [0.1, 0.15) is 24.3 Å². The minimum absolute atomic E-state index is 0.168. The zero-order chi connectivity index (χ0) is 23.7. The van der Waals surface area contributed by atoms with Crippen LogP contribution in [0, 0.1) is 5.92 Å². The molecule has 1 fully saturated rings. The quantitative estimate of drug-likeness (QED) is 0.451. The van der Waals surface area contributed by atoms with Crippen molar-refractivity contribution < 1.29 is 4.79 Å². The van der Waals surface area contributed by atoms with Crippen molar-refractivity contribution in [2.75, 3.05) is 31.1 Å². The second kappa shape index (κ2) is 9.05. The molecule has 3 heterocycles. The molecule has 10 nitrogen and oxygen atoms in total. The van der Waals surface area contributed by atoms with Crippen molar-refractivity contribution in [1.82, 2.24) is 34.9 Å². The van der Waals surface area contributed by atoms with Gasteiger partial charge in [0.25, 0.3) is 11.5 Å². The largest absolute Gasteiger partial charge is 0.336 e. The number of aromatic nitrogens is 6. The first kappa shape index (κ1) is 21.7. The zero-order valence-corrected chi connectivity index (χ0v) is 19.2. The van der Waals surface area contributed by atoms with Crippen LogP contribution in [-0.2, 0) is 6.54 Å². The molecule has 1 amide bonds. The number of carbonyl (C=O) groups is 1. The summed E-state index contributed by atoms with van der Waals surface area (Å²) in [5, 5.41) is 17.8. The Morgan fingerprint density at radius 2 is 1.62 bits per heavy atom. The highest BCUT2D eigenvalue weighted by Gasteiger charge is 2.28. The number of amides is 1. The molecular weight excluding hydrogens is 432 g/mol. The number of piperazine rings is 1. The lowest BCUT2D eigenvalue weighted by Gasteiger charge is -2.34. The summed E-state index contributed by atoms with van der Waals surface area (Å²) in [4.78, 5) is 30.3. The Hall–Kier alpha value is -4.08. The molecule has 0 spiro atoms. The summed E-state index contributed by atoms with van der Waals surface area (Å²) in [6, 6.07) is 16.9. The van der Waals surface area contributed by atoms with Gasteiger partial charge >= 0.3 is 0 Å². The van der Waals surface area contributed by atoms with E-state index < -0.39 is 0 Å². The summed E-state index contributed by atoms with van der Waals surface area (Å²) in [5.41, 5.74) is 1.03. The summed E-state index contributed by atoms with van der Waals surface area (Å²) in [5.74, 6) is 0.705. The third-order valence-corrected chi connectivity index (χ3v) is 5.91. The Bertz CT molecular complexity index is 1370. The van der Waals surface area contributed by atoms with E-state index in [1.54, 1.807) is 21.7 Å². The van der Waals surface area contributed by atoms with Crippen LogP contribution in [0.3, 0.4) is 0 Å². The molecule has 0 N–H and O–H groups in total. The van der Waals surface area contributed by atoms with E-state index in [0.717, 1.165) is 5.69 Å². The van der Waals surface area contributed by atoms with E-state index in [1.165, 1.54) is 4.68 Å². The molecule has 0 unspecified atom stereocenters. The second-order valence-electron chi connectivity index (χ2n) is 8.78. The number of anilines is 1. The number of carbonyl (C=O) groups excluding carboxylic acids is 1. The average Bonchev–Trinajstić information content (AvgIpc) is 3.36. The fourth-order valence-corrected chi connectivity index (χ4v) is 4.24. The fourth-order valence-electron chi connectivity index (χ4n) is 4.24. The molecule has 4 aromatic rings. The maximum atomic E-state index is 13.5. The smallest absolute Gasteiger partial charge is 0.275 e.